The van der Waals surface area contributed by atoms with Gasteiger partial charge in [0.1, 0.15) is 5.75 Å². The van der Waals surface area contributed by atoms with E-state index in [1.165, 1.54) is 24.3 Å². The molecule has 2 aromatic carbocycles. The van der Waals surface area contributed by atoms with Gasteiger partial charge in [-0.15, -0.1) is 0 Å². The molecule has 0 amide bonds. The van der Waals surface area contributed by atoms with Gasteiger partial charge in [0.2, 0.25) is 9.84 Å². The molecular formula is C17H18Cl2N2O3S. The zero-order valence-corrected chi connectivity index (χ0v) is 16.0. The first-order chi connectivity index (χ1) is 11.9. The molecule has 3 rings (SSSR count). The van der Waals surface area contributed by atoms with Crippen LogP contribution in [-0.4, -0.2) is 41.7 Å². The monoisotopic (exact) mass is 400 g/mol. The molecule has 0 aromatic heterocycles. The Labute approximate surface area is 157 Å². The third-order valence-corrected chi connectivity index (χ3v) is 6.23. The number of piperazine rings is 1. The van der Waals surface area contributed by atoms with Gasteiger partial charge in [0, 0.05) is 36.2 Å². The van der Waals surface area contributed by atoms with E-state index in [2.05, 4.69) is 10.2 Å². The van der Waals surface area contributed by atoms with Gasteiger partial charge in [-0.25, -0.2) is 8.42 Å². The lowest BCUT2D eigenvalue weighted by atomic mass is 10.2. The molecule has 1 fully saturated rings. The number of hydrogen-bond acceptors (Lipinski definition) is 5. The van der Waals surface area contributed by atoms with Gasteiger partial charge in [-0.2, -0.15) is 0 Å². The van der Waals surface area contributed by atoms with Crippen molar-refractivity contribution < 1.29 is 13.2 Å². The van der Waals surface area contributed by atoms with E-state index >= 15 is 0 Å². The van der Waals surface area contributed by atoms with Crippen molar-refractivity contribution in [1.29, 1.82) is 0 Å². The van der Waals surface area contributed by atoms with Crippen LogP contribution in [0.4, 0.5) is 5.69 Å². The quantitative estimate of drug-likeness (QED) is 0.853. The number of benzene rings is 2. The molecule has 134 valence electrons. The van der Waals surface area contributed by atoms with Crippen LogP contribution in [0.25, 0.3) is 0 Å². The summed E-state index contributed by atoms with van der Waals surface area (Å²) in [5.41, 5.74) is 0.762. The highest BCUT2D eigenvalue weighted by molar-refractivity contribution is 7.91. The van der Waals surface area contributed by atoms with Gasteiger partial charge < -0.3 is 15.0 Å². The normalized spacial score (nSPS) is 15.2. The minimum Gasteiger partial charge on any atom is -0.495 e. The highest BCUT2D eigenvalue weighted by Gasteiger charge is 2.23. The number of ether oxygens (including phenoxy) is 1. The van der Waals surface area contributed by atoms with Gasteiger partial charge >= 0.3 is 0 Å². The van der Waals surface area contributed by atoms with Crippen LogP contribution in [0.3, 0.4) is 0 Å². The zero-order chi connectivity index (χ0) is 18.0. The SMILES string of the molecule is COc1ccc(S(=O)(=O)c2cc(Cl)cc(Cl)c2)cc1N1CCNCC1. The lowest BCUT2D eigenvalue weighted by Gasteiger charge is -2.30. The fraction of sp³-hybridized carbons (Fsp3) is 0.294. The Morgan fingerprint density at radius 1 is 1.00 bits per heavy atom. The average Bonchev–Trinajstić information content (AvgIpc) is 2.61. The topological polar surface area (TPSA) is 58.6 Å². The number of nitrogens with one attached hydrogen (secondary N) is 1. The summed E-state index contributed by atoms with van der Waals surface area (Å²) >= 11 is 11.9. The zero-order valence-electron chi connectivity index (χ0n) is 13.6. The Morgan fingerprint density at radius 2 is 1.64 bits per heavy atom. The molecule has 0 unspecified atom stereocenters. The lowest BCUT2D eigenvalue weighted by molar-refractivity contribution is 0.412. The Bertz CT molecular complexity index is 861. The average molecular weight is 401 g/mol. The molecule has 1 saturated heterocycles. The summed E-state index contributed by atoms with van der Waals surface area (Å²) in [5, 5.41) is 3.83. The Balaban J connectivity index is 2.07. The number of rotatable bonds is 4. The van der Waals surface area contributed by atoms with E-state index in [9.17, 15) is 8.42 Å². The van der Waals surface area contributed by atoms with E-state index in [0.717, 1.165) is 31.9 Å². The third kappa shape index (κ3) is 3.87. The number of hydrogen-bond donors (Lipinski definition) is 1. The number of anilines is 1. The molecular weight excluding hydrogens is 383 g/mol. The first-order valence-electron chi connectivity index (χ1n) is 7.77. The minimum atomic E-state index is -3.74. The predicted molar refractivity (Wildman–Crippen MR) is 100.0 cm³/mol. The van der Waals surface area contributed by atoms with Crippen LogP contribution in [0.5, 0.6) is 5.75 Å². The van der Waals surface area contributed by atoms with Crippen molar-refractivity contribution in [3.05, 3.63) is 46.4 Å². The maximum Gasteiger partial charge on any atom is 0.206 e. The van der Waals surface area contributed by atoms with E-state index in [4.69, 9.17) is 27.9 Å². The van der Waals surface area contributed by atoms with Gasteiger partial charge in [-0.1, -0.05) is 23.2 Å². The van der Waals surface area contributed by atoms with Crippen LogP contribution >= 0.6 is 23.2 Å². The molecule has 0 atom stereocenters. The van der Waals surface area contributed by atoms with Crippen molar-refractivity contribution >= 4 is 38.7 Å². The van der Waals surface area contributed by atoms with Crippen LogP contribution in [0.15, 0.2) is 46.2 Å². The molecule has 2 aromatic rings. The van der Waals surface area contributed by atoms with Crippen molar-refractivity contribution in [2.45, 2.75) is 9.79 Å². The van der Waals surface area contributed by atoms with Crippen LogP contribution in [-0.2, 0) is 9.84 Å². The van der Waals surface area contributed by atoms with Gasteiger partial charge in [-0.3, -0.25) is 0 Å². The van der Waals surface area contributed by atoms with E-state index in [0.29, 0.717) is 5.75 Å². The lowest BCUT2D eigenvalue weighted by Crippen LogP contribution is -2.43. The predicted octanol–water partition coefficient (Wildman–Crippen LogP) is 3.24. The molecule has 25 heavy (non-hydrogen) atoms. The van der Waals surface area contributed by atoms with Gasteiger partial charge in [0.15, 0.2) is 0 Å². The van der Waals surface area contributed by atoms with Crippen LogP contribution in [0.2, 0.25) is 10.0 Å². The fourth-order valence-electron chi connectivity index (χ4n) is 2.81. The number of methoxy groups -OCH3 is 1. The molecule has 0 bridgehead atoms. The second-order valence-corrected chi connectivity index (χ2v) is 8.50. The van der Waals surface area contributed by atoms with Crippen molar-refractivity contribution in [2.24, 2.45) is 0 Å². The summed E-state index contributed by atoms with van der Waals surface area (Å²) in [7, 11) is -2.16. The Hall–Kier alpha value is -1.47. The summed E-state index contributed by atoms with van der Waals surface area (Å²) in [5.74, 6) is 0.643. The molecule has 1 N–H and O–H groups in total. The van der Waals surface area contributed by atoms with Gasteiger partial charge in [0.05, 0.1) is 22.6 Å². The van der Waals surface area contributed by atoms with Crippen molar-refractivity contribution in [3.63, 3.8) is 0 Å². The summed E-state index contributed by atoms with van der Waals surface area (Å²) in [6, 6.07) is 9.16. The molecule has 5 nitrogen and oxygen atoms in total. The second kappa shape index (κ2) is 7.41. The number of sulfone groups is 1. The van der Waals surface area contributed by atoms with Gasteiger partial charge in [-0.05, 0) is 36.4 Å². The molecule has 1 aliphatic heterocycles. The summed E-state index contributed by atoms with van der Waals surface area (Å²) in [4.78, 5) is 2.36. The Morgan fingerprint density at radius 3 is 2.24 bits per heavy atom. The third-order valence-electron chi connectivity index (χ3n) is 4.06. The van der Waals surface area contributed by atoms with E-state index < -0.39 is 9.84 Å². The van der Waals surface area contributed by atoms with Gasteiger partial charge in [0.25, 0.3) is 0 Å². The van der Waals surface area contributed by atoms with E-state index in [1.54, 1.807) is 19.2 Å². The maximum atomic E-state index is 13.0. The van der Waals surface area contributed by atoms with Crippen molar-refractivity contribution in [2.75, 3.05) is 38.2 Å². The second-order valence-electron chi connectivity index (χ2n) is 5.68. The van der Waals surface area contributed by atoms with Crippen molar-refractivity contribution in [1.82, 2.24) is 5.32 Å². The van der Waals surface area contributed by atoms with E-state index in [-0.39, 0.29) is 19.8 Å². The maximum absolute atomic E-state index is 13.0. The first-order valence-corrected chi connectivity index (χ1v) is 10.0. The van der Waals surface area contributed by atoms with Crippen LogP contribution < -0.4 is 15.0 Å². The molecule has 1 heterocycles. The summed E-state index contributed by atoms with van der Waals surface area (Å²) < 4.78 is 31.4. The molecule has 0 spiro atoms. The molecule has 0 radical (unpaired) electrons. The van der Waals surface area contributed by atoms with Crippen molar-refractivity contribution in [3.8, 4) is 5.75 Å². The van der Waals surface area contributed by atoms with Crippen LogP contribution in [0, 0.1) is 0 Å². The highest BCUT2D eigenvalue weighted by Crippen LogP contribution is 2.34. The van der Waals surface area contributed by atoms with E-state index in [1.807, 2.05) is 0 Å². The minimum absolute atomic E-state index is 0.0708. The standard InChI is InChI=1S/C17H18Cl2N2O3S/c1-24-17-3-2-14(11-16(17)21-6-4-20-5-7-21)25(22,23)15-9-12(18)8-13(19)10-15/h2-3,8-11,20H,4-7H2,1H3. The molecule has 0 saturated carbocycles. The summed E-state index contributed by atoms with van der Waals surface area (Å²) in [6.07, 6.45) is 0. The number of halogens is 2. The van der Waals surface area contributed by atoms with Crippen LogP contribution in [0.1, 0.15) is 0 Å². The highest BCUT2D eigenvalue weighted by atomic mass is 35.5. The molecule has 8 heteroatoms. The first kappa shape index (κ1) is 18.3. The molecule has 1 aliphatic rings. The Kier molecular flexibility index (Phi) is 5.43. The smallest absolute Gasteiger partial charge is 0.206 e. The largest absolute Gasteiger partial charge is 0.495 e. The summed E-state index contributed by atoms with van der Waals surface area (Å²) in [6.45, 7) is 3.24. The molecule has 0 aliphatic carbocycles. The number of nitrogens with zero attached hydrogens (tertiary/aromatic N) is 1. The fourth-order valence-corrected chi connectivity index (χ4v) is 4.82.